The fraction of sp³-hybridized carbons (Fsp3) is 0.667. The lowest BCUT2D eigenvalue weighted by molar-refractivity contribution is -0.161. The molecule has 0 amide bonds. The molecule has 0 rings (SSSR count). The highest BCUT2D eigenvalue weighted by Crippen LogP contribution is 2.36. The molecule has 1 unspecified atom stereocenters. The van der Waals surface area contributed by atoms with Gasteiger partial charge in [0.1, 0.15) is 6.61 Å². The summed E-state index contributed by atoms with van der Waals surface area (Å²) in [5, 5.41) is 0. The van der Waals surface area contributed by atoms with Gasteiger partial charge in [0.05, 0.1) is 6.61 Å². The zero-order chi connectivity index (χ0) is 37.5. The van der Waals surface area contributed by atoms with Gasteiger partial charge in [-0.1, -0.05) is 145 Å². The first kappa shape index (κ1) is 48.5. The van der Waals surface area contributed by atoms with Crippen molar-refractivity contribution in [3.8, 4) is 0 Å². The Labute approximate surface area is 310 Å². The summed E-state index contributed by atoms with van der Waals surface area (Å²) in [5.74, 6) is -0.924. The van der Waals surface area contributed by atoms with Crippen LogP contribution >= 0.6 is 7.82 Å². The average Bonchev–Trinajstić information content (AvgIpc) is 3.10. The smallest absolute Gasteiger partial charge is 0.462 e. The molecule has 0 aromatic carbocycles. The van der Waals surface area contributed by atoms with Crippen LogP contribution in [0.4, 0.5) is 0 Å². The normalized spacial score (nSPS) is 13.3. The molecule has 1 atom stereocenters. The number of phosphoric ester groups is 1. The van der Waals surface area contributed by atoms with E-state index in [-0.39, 0.29) is 19.4 Å². The lowest BCUT2D eigenvalue weighted by Gasteiger charge is -2.18. The molecule has 292 valence electrons. The van der Waals surface area contributed by atoms with Crippen LogP contribution in [0.2, 0.25) is 0 Å². The van der Waals surface area contributed by atoms with Crippen LogP contribution in [-0.4, -0.2) is 41.0 Å². The average molecular weight is 735 g/mol. The van der Waals surface area contributed by atoms with E-state index >= 15 is 0 Å². The standard InChI is InChI=1S/C42H71O8P/c1-3-5-7-9-11-13-15-17-19-20-21-22-23-25-27-29-31-33-35-37-42(44)50-40(39-49-51(45,46)47)38-48-41(43)36-34-32-30-28-26-24-18-16-14-12-10-8-6-4-2/h5,7,10-13,16-19,21-22,40H,3-4,6,8-9,14-15,20,23-39H2,1-2H3,(H2,45,46,47)/b7-5-,12-10-,13-11-,18-16-,19-17-,22-21-. The number of rotatable bonds is 35. The van der Waals surface area contributed by atoms with E-state index in [1.807, 2.05) is 0 Å². The molecule has 2 N–H and O–H groups in total. The predicted molar refractivity (Wildman–Crippen MR) is 211 cm³/mol. The topological polar surface area (TPSA) is 119 Å². The molecule has 8 nitrogen and oxygen atoms in total. The molecule has 0 aliphatic rings. The molecular weight excluding hydrogens is 663 g/mol. The Balaban J connectivity index is 4.01. The second-order valence-electron chi connectivity index (χ2n) is 12.9. The Hall–Kier alpha value is -2.51. The van der Waals surface area contributed by atoms with Crippen molar-refractivity contribution in [3.05, 3.63) is 72.9 Å². The molecule has 0 spiro atoms. The fourth-order valence-electron chi connectivity index (χ4n) is 5.03. The molecule has 0 fully saturated rings. The van der Waals surface area contributed by atoms with E-state index < -0.39 is 32.5 Å². The Morgan fingerprint density at radius 2 is 0.941 bits per heavy atom. The molecule has 0 aliphatic carbocycles. The molecule has 0 radical (unpaired) electrons. The van der Waals surface area contributed by atoms with Gasteiger partial charge in [-0.2, -0.15) is 0 Å². The first-order valence-corrected chi connectivity index (χ1v) is 21.3. The highest BCUT2D eigenvalue weighted by atomic mass is 31.2. The zero-order valence-electron chi connectivity index (χ0n) is 32.0. The minimum atomic E-state index is -4.76. The number of carbonyl (C=O) groups is 2. The van der Waals surface area contributed by atoms with Crippen molar-refractivity contribution in [1.29, 1.82) is 0 Å². The first-order chi connectivity index (χ1) is 24.8. The lowest BCUT2D eigenvalue weighted by Crippen LogP contribution is -2.29. The van der Waals surface area contributed by atoms with Crippen molar-refractivity contribution in [3.63, 3.8) is 0 Å². The minimum Gasteiger partial charge on any atom is -0.462 e. The number of phosphoric acid groups is 1. The van der Waals surface area contributed by atoms with E-state index in [9.17, 15) is 14.2 Å². The summed E-state index contributed by atoms with van der Waals surface area (Å²) < 4.78 is 26.3. The molecule has 0 aliphatic heterocycles. The van der Waals surface area contributed by atoms with Gasteiger partial charge >= 0.3 is 19.8 Å². The van der Waals surface area contributed by atoms with E-state index in [0.717, 1.165) is 109 Å². The third-order valence-corrected chi connectivity index (χ3v) is 8.44. The molecule has 51 heavy (non-hydrogen) atoms. The Bertz CT molecular complexity index is 1050. The van der Waals surface area contributed by atoms with Crippen LogP contribution in [0, 0.1) is 0 Å². The summed E-state index contributed by atoms with van der Waals surface area (Å²) in [6, 6.07) is 0. The van der Waals surface area contributed by atoms with E-state index in [4.69, 9.17) is 19.3 Å². The zero-order valence-corrected chi connectivity index (χ0v) is 32.9. The van der Waals surface area contributed by atoms with Gasteiger partial charge < -0.3 is 19.3 Å². The Morgan fingerprint density at radius 3 is 1.41 bits per heavy atom. The highest BCUT2D eigenvalue weighted by molar-refractivity contribution is 7.46. The van der Waals surface area contributed by atoms with Gasteiger partial charge in [-0.05, 0) is 77.0 Å². The van der Waals surface area contributed by atoms with Gasteiger partial charge in [-0.25, -0.2) is 4.57 Å². The summed E-state index contributed by atoms with van der Waals surface area (Å²) in [6.07, 6.45) is 47.6. The number of allylic oxidation sites excluding steroid dienone is 12. The lowest BCUT2D eigenvalue weighted by atomic mass is 10.1. The number of carbonyl (C=O) groups excluding carboxylic acids is 2. The van der Waals surface area contributed by atoms with Crippen molar-refractivity contribution >= 4 is 19.8 Å². The summed E-state index contributed by atoms with van der Waals surface area (Å²) in [4.78, 5) is 42.8. The summed E-state index contributed by atoms with van der Waals surface area (Å²) in [5.41, 5.74) is 0. The maximum absolute atomic E-state index is 12.4. The largest absolute Gasteiger partial charge is 0.469 e. The molecule has 0 saturated carbocycles. The van der Waals surface area contributed by atoms with Crippen LogP contribution < -0.4 is 0 Å². The first-order valence-electron chi connectivity index (χ1n) is 19.7. The fourth-order valence-corrected chi connectivity index (χ4v) is 5.39. The van der Waals surface area contributed by atoms with Crippen LogP contribution in [0.3, 0.4) is 0 Å². The third-order valence-electron chi connectivity index (χ3n) is 7.96. The van der Waals surface area contributed by atoms with Crippen LogP contribution in [0.25, 0.3) is 0 Å². The summed E-state index contributed by atoms with van der Waals surface area (Å²) >= 11 is 0. The number of unbranched alkanes of at least 4 members (excludes halogenated alkanes) is 13. The van der Waals surface area contributed by atoms with Crippen molar-refractivity contribution in [2.24, 2.45) is 0 Å². The van der Waals surface area contributed by atoms with Gasteiger partial charge in [0, 0.05) is 12.8 Å². The molecule has 0 saturated heterocycles. The van der Waals surface area contributed by atoms with E-state index in [2.05, 4.69) is 91.3 Å². The van der Waals surface area contributed by atoms with Crippen molar-refractivity contribution in [2.45, 2.75) is 168 Å². The SMILES string of the molecule is CC/C=C\C/C=C\C/C=C\C/C=C\CCCCCCCCC(=O)OC(COC(=O)CCCCCCC/C=C\C/C=C\CCCC)COP(=O)(O)O. The maximum Gasteiger partial charge on any atom is 0.469 e. The van der Waals surface area contributed by atoms with Gasteiger partial charge in [0.2, 0.25) is 0 Å². The highest BCUT2D eigenvalue weighted by Gasteiger charge is 2.22. The van der Waals surface area contributed by atoms with E-state index in [1.165, 1.54) is 12.8 Å². The van der Waals surface area contributed by atoms with E-state index in [0.29, 0.717) is 12.8 Å². The molecule has 0 aromatic rings. The number of esters is 2. The van der Waals surface area contributed by atoms with Crippen LogP contribution in [0.15, 0.2) is 72.9 Å². The van der Waals surface area contributed by atoms with Gasteiger partial charge in [0.25, 0.3) is 0 Å². The Kier molecular flexibility index (Phi) is 35.4. The molecule has 9 heteroatoms. The molecule has 0 heterocycles. The summed E-state index contributed by atoms with van der Waals surface area (Å²) in [6.45, 7) is 3.49. The maximum atomic E-state index is 12.4. The second-order valence-corrected chi connectivity index (χ2v) is 14.1. The van der Waals surface area contributed by atoms with Gasteiger partial charge in [0.15, 0.2) is 6.10 Å². The van der Waals surface area contributed by atoms with Gasteiger partial charge in [-0.3, -0.25) is 14.1 Å². The van der Waals surface area contributed by atoms with Crippen molar-refractivity contribution in [2.75, 3.05) is 13.2 Å². The minimum absolute atomic E-state index is 0.189. The predicted octanol–water partition coefficient (Wildman–Crippen LogP) is 11.9. The number of hydrogen-bond donors (Lipinski definition) is 2. The quantitative estimate of drug-likeness (QED) is 0.0286. The number of hydrogen-bond acceptors (Lipinski definition) is 6. The van der Waals surface area contributed by atoms with Crippen molar-refractivity contribution < 1.29 is 37.9 Å². The molecular formula is C42H71O8P. The van der Waals surface area contributed by atoms with E-state index in [1.54, 1.807) is 0 Å². The van der Waals surface area contributed by atoms with Gasteiger partial charge in [-0.15, -0.1) is 0 Å². The summed E-state index contributed by atoms with van der Waals surface area (Å²) in [7, 11) is -4.76. The number of ether oxygens (including phenoxy) is 2. The van der Waals surface area contributed by atoms with Crippen LogP contribution in [0.1, 0.15) is 162 Å². The second kappa shape index (κ2) is 37.3. The Morgan fingerprint density at radius 1 is 0.529 bits per heavy atom. The van der Waals surface area contributed by atoms with Crippen LogP contribution in [-0.2, 0) is 28.2 Å². The monoisotopic (exact) mass is 734 g/mol. The third kappa shape index (κ3) is 40.1. The van der Waals surface area contributed by atoms with Crippen LogP contribution in [0.5, 0.6) is 0 Å². The molecule has 0 bridgehead atoms. The van der Waals surface area contributed by atoms with Crippen molar-refractivity contribution in [1.82, 2.24) is 0 Å². The molecule has 0 aromatic heterocycles.